The predicted octanol–water partition coefficient (Wildman–Crippen LogP) is 3.57. The lowest BCUT2D eigenvalue weighted by Crippen LogP contribution is -2.48. The third-order valence-corrected chi connectivity index (χ3v) is 7.39. The molecule has 0 unspecified atom stereocenters. The number of carbonyl (C=O) groups excluding carboxylic acids is 3. The third kappa shape index (κ3) is 6.91. The largest absolute Gasteiger partial charge is 0.497 e. The molecule has 2 atom stereocenters. The quantitative estimate of drug-likeness (QED) is 0.344. The predicted molar refractivity (Wildman–Crippen MR) is 151 cm³/mol. The van der Waals surface area contributed by atoms with E-state index in [4.69, 9.17) is 18.9 Å². The van der Waals surface area contributed by atoms with Crippen molar-refractivity contribution >= 4 is 34.7 Å². The molecular weight excluding hydrogens is 534 g/mol. The van der Waals surface area contributed by atoms with Crippen LogP contribution in [-0.2, 0) is 14.3 Å². The number of thiophene rings is 1. The van der Waals surface area contributed by atoms with Crippen molar-refractivity contribution in [3.05, 3.63) is 70.4 Å². The van der Waals surface area contributed by atoms with Crippen molar-refractivity contribution in [2.75, 3.05) is 45.9 Å². The number of nitrogens with one attached hydrogen (secondary N) is 2. The second-order valence-electron chi connectivity index (χ2n) is 9.02. The monoisotopic (exact) mass is 567 g/mol. The zero-order valence-corrected chi connectivity index (χ0v) is 23.5. The maximum atomic E-state index is 13.9. The molecule has 2 N–H and O–H groups in total. The van der Waals surface area contributed by atoms with Crippen LogP contribution in [0.15, 0.2) is 60.0 Å². The Morgan fingerprint density at radius 2 is 1.77 bits per heavy atom. The fourth-order valence-corrected chi connectivity index (χ4v) is 5.11. The molecule has 10 nitrogen and oxygen atoms in total. The summed E-state index contributed by atoms with van der Waals surface area (Å²) >= 11 is 1.27. The van der Waals surface area contributed by atoms with Gasteiger partial charge in [0.25, 0.3) is 5.91 Å². The van der Waals surface area contributed by atoms with Gasteiger partial charge >= 0.3 is 0 Å². The molecule has 40 heavy (non-hydrogen) atoms. The first-order chi connectivity index (χ1) is 19.4. The molecule has 0 aliphatic carbocycles. The molecule has 1 fully saturated rings. The van der Waals surface area contributed by atoms with E-state index in [1.807, 2.05) is 0 Å². The Morgan fingerprint density at radius 1 is 1.00 bits per heavy atom. The standard InChI is InChI=1S/C29H33N3O7S/c1-36-21-11-9-20(10-12-21)32(26(33)18-31-28(34)25-7-5-15-40-25)27(29(35)30-17-22-6-4-14-39-22)19-8-13-23(37-2)24(16-19)38-3/h5,7-13,15-16,22,27H,4,6,14,17-18H2,1-3H3,(H,30,35)(H,31,34)/t22-,27+/m0/s1. The van der Waals surface area contributed by atoms with Crippen molar-refractivity contribution in [1.82, 2.24) is 10.6 Å². The highest BCUT2D eigenvalue weighted by Crippen LogP contribution is 2.35. The number of anilines is 1. The Morgan fingerprint density at radius 3 is 2.40 bits per heavy atom. The molecule has 212 valence electrons. The summed E-state index contributed by atoms with van der Waals surface area (Å²) in [5, 5.41) is 7.43. The van der Waals surface area contributed by atoms with Crippen molar-refractivity contribution in [1.29, 1.82) is 0 Å². The van der Waals surface area contributed by atoms with Crippen LogP contribution in [-0.4, -0.2) is 64.9 Å². The smallest absolute Gasteiger partial charge is 0.261 e. The van der Waals surface area contributed by atoms with Crippen LogP contribution in [0.1, 0.15) is 34.1 Å². The summed E-state index contributed by atoms with van der Waals surface area (Å²) in [7, 11) is 4.57. The van der Waals surface area contributed by atoms with Crippen molar-refractivity contribution in [3.63, 3.8) is 0 Å². The molecule has 2 heterocycles. The maximum absolute atomic E-state index is 13.9. The van der Waals surface area contributed by atoms with Gasteiger partial charge in [-0.1, -0.05) is 12.1 Å². The van der Waals surface area contributed by atoms with Gasteiger partial charge in [0.05, 0.1) is 38.9 Å². The zero-order valence-electron chi connectivity index (χ0n) is 22.7. The molecule has 2 aromatic carbocycles. The van der Waals surface area contributed by atoms with Gasteiger partial charge in [-0.3, -0.25) is 19.3 Å². The van der Waals surface area contributed by atoms with Gasteiger partial charge in [0.2, 0.25) is 11.8 Å². The second kappa shape index (κ2) is 13.8. The van der Waals surface area contributed by atoms with Crippen LogP contribution in [0.25, 0.3) is 0 Å². The van der Waals surface area contributed by atoms with Crippen LogP contribution in [0.4, 0.5) is 5.69 Å². The molecule has 3 aromatic rings. The maximum Gasteiger partial charge on any atom is 0.261 e. The first-order valence-corrected chi connectivity index (χ1v) is 13.7. The van der Waals surface area contributed by atoms with Crippen molar-refractivity contribution in [2.24, 2.45) is 0 Å². The Hall–Kier alpha value is -4.09. The normalized spacial score (nSPS) is 15.1. The Bertz CT molecular complexity index is 1290. The van der Waals surface area contributed by atoms with Crippen LogP contribution in [0.5, 0.6) is 17.2 Å². The number of rotatable bonds is 12. The summed E-state index contributed by atoms with van der Waals surface area (Å²) < 4.78 is 21.8. The number of amides is 3. The van der Waals surface area contributed by atoms with E-state index in [0.29, 0.717) is 46.5 Å². The van der Waals surface area contributed by atoms with E-state index >= 15 is 0 Å². The average molecular weight is 568 g/mol. The first-order valence-electron chi connectivity index (χ1n) is 12.8. The SMILES string of the molecule is COc1ccc(N(C(=O)CNC(=O)c2cccs2)[C@@H](C(=O)NC[C@@H]2CCCO2)c2ccc(OC)c(OC)c2)cc1. The highest BCUT2D eigenvalue weighted by molar-refractivity contribution is 7.12. The lowest BCUT2D eigenvalue weighted by atomic mass is 10.0. The van der Waals surface area contributed by atoms with Crippen LogP contribution >= 0.6 is 11.3 Å². The van der Waals surface area contributed by atoms with Gasteiger partial charge in [0.15, 0.2) is 11.5 Å². The van der Waals surface area contributed by atoms with E-state index in [0.717, 1.165) is 12.8 Å². The summed E-state index contributed by atoms with van der Waals surface area (Å²) in [5.41, 5.74) is 0.944. The number of nitrogens with zero attached hydrogens (tertiary/aromatic N) is 1. The number of ether oxygens (including phenoxy) is 4. The van der Waals surface area contributed by atoms with Gasteiger partial charge in [-0.2, -0.15) is 0 Å². The Kier molecular flexibility index (Phi) is 9.98. The van der Waals surface area contributed by atoms with E-state index in [1.54, 1.807) is 67.1 Å². The molecule has 1 aliphatic rings. The van der Waals surface area contributed by atoms with Gasteiger partial charge in [-0.25, -0.2) is 0 Å². The fraction of sp³-hybridized carbons (Fsp3) is 0.345. The minimum atomic E-state index is -1.10. The van der Waals surface area contributed by atoms with Crippen LogP contribution in [0.2, 0.25) is 0 Å². The summed E-state index contributed by atoms with van der Waals surface area (Å²) in [5.74, 6) is 0.218. The molecule has 11 heteroatoms. The number of hydrogen-bond donors (Lipinski definition) is 2. The molecule has 4 rings (SSSR count). The van der Waals surface area contributed by atoms with Crippen molar-refractivity contribution < 1.29 is 33.3 Å². The van der Waals surface area contributed by atoms with E-state index in [9.17, 15) is 14.4 Å². The minimum Gasteiger partial charge on any atom is -0.497 e. The van der Waals surface area contributed by atoms with Crippen LogP contribution in [0, 0.1) is 0 Å². The average Bonchev–Trinajstić information content (AvgIpc) is 3.72. The Balaban J connectivity index is 1.71. The first kappa shape index (κ1) is 28.9. The molecule has 0 radical (unpaired) electrons. The number of methoxy groups -OCH3 is 3. The summed E-state index contributed by atoms with van der Waals surface area (Å²) in [4.78, 5) is 42.2. The van der Waals surface area contributed by atoms with E-state index < -0.39 is 17.9 Å². The number of carbonyl (C=O) groups is 3. The van der Waals surface area contributed by atoms with Crippen molar-refractivity contribution in [2.45, 2.75) is 25.0 Å². The molecule has 1 saturated heterocycles. The van der Waals surface area contributed by atoms with E-state index in [-0.39, 0.29) is 18.6 Å². The van der Waals surface area contributed by atoms with Gasteiger partial charge < -0.3 is 29.6 Å². The molecule has 0 bridgehead atoms. The van der Waals surface area contributed by atoms with Gasteiger partial charge in [0, 0.05) is 18.8 Å². The van der Waals surface area contributed by atoms with E-state index in [1.165, 1.54) is 30.5 Å². The summed E-state index contributed by atoms with van der Waals surface area (Å²) in [6.45, 7) is 0.633. The summed E-state index contributed by atoms with van der Waals surface area (Å²) in [6.07, 6.45) is 1.68. The topological polar surface area (TPSA) is 115 Å². The summed E-state index contributed by atoms with van der Waals surface area (Å²) in [6, 6.07) is 14.2. The lowest BCUT2D eigenvalue weighted by Gasteiger charge is -2.32. The molecule has 0 saturated carbocycles. The second-order valence-corrected chi connectivity index (χ2v) is 9.97. The van der Waals surface area contributed by atoms with Gasteiger partial charge in [-0.05, 0) is 66.2 Å². The number of hydrogen-bond acceptors (Lipinski definition) is 8. The van der Waals surface area contributed by atoms with E-state index in [2.05, 4.69) is 10.6 Å². The molecule has 1 aliphatic heterocycles. The zero-order chi connectivity index (χ0) is 28.5. The van der Waals surface area contributed by atoms with Crippen LogP contribution in [0.3, 0.4) is 0 Å². The molecule has 1 aromatic heterocycles. The molecule has 0 spiro atoms. The fourth-order valence-electron chi connectivity index (χ4n) is 4.47. The van der Waals surface area contributed by atoms with Gasteiger partial charge in [-0.15, -0.1) is 11.3 Å². The highest BCUT2D eigenvalue weighted by Gasteiger charge is 2.34. The van der Waals surface area contributed by atoms with Crippen LogP contribution < -0.4 is 29.7 Å². The number of benzene rings is 2. The van der Waals surface area contributed by atoms with Gasteiger partial charge in [0.1, 0.15) is 11.8 Å². The molecule has 3 amide bonds. The molecular formula is C29H33N3O7S. The lowest BCUT2D eigenvalue weighted by molar-refractivity contribution is -0.126. The Labute approximate surface area is 237 Å². The highest BCUT2D eigenvalue weighted by atomic mass is 32.1. The van der Waals surface area contributed by atoms with Crippen molar-refractivity contribution in [3.8, 4) is 17.2 Å². The third-order valence-electron chi connectivity index (χ3n) is 6.52. The minimum absolute atomic E-state index is 0.0924.